The van der Waals surface area contributed by atoms with Gasteiger partial charge in [0, 0.05) is 38.1 Å². The Kier molecular flexibility index (Phi) is 5.52. The molecule has 6 nitrogen and oxygen atoms in total. The summed E-state index contributed by atoms with van der Waals surface area (Å²) in [4.78, 5) is 33.9. The van der Waals surface area contributed by atoms with Gasteiger partial charge < -0.3 is 15.1 Å². The van der Waals surface area contributed by atoms with Gasteiger partial charge in [0.1, 0.15) is 0 Å². The number of amides is 2. The van der Waals surface area contributed by atoms with Crippen LogP contribution in [0.5, 0.6) is 0 Å². The average molecular weight is 324 g/mol. The third kappa shape index (κ3) is 4.04. The molecule has 0 radical (unpaired) electrons. The van der Waals surface area contributed by atoms with Crippen LogP contribution in [-0.4, -0.2) is 66.9 Å². The van der Waals surface area contributed by atoms with Crippen LogP contribution >= 0.6 is 11.3 Å². The quantitative estimate of drug-likeness (QED) is 0.876. The molecule has 122 valence electrons. The summed E-state index contributed by atoms with van der Waals surface area (Å²) in [5, 5.41) is 3.68. The lowest BCUT2D eigenvalue weighted by molar-refractivity contribution is -0.132. The Balaban J connectivity index is 2.07. The van der Waals surface area contributed by atoms with E-state index in [1.54, 1.807) is 18.4 Å². The lowest BCUT2D eigenvalue weighted by Gasteiger charge is -2.23. The molecule has 2 rings (SSSR count). The van der Waals surface area contributed by atoms with E-state index in [0.29, 0.717) is 26.1 Å². The van der Waals surface area contributed by atoms with E-state index in [4.69, 9.17) is 0 Å². The molecule has 0 aliphatic carbocycles. The van der Waals surface area contributed by atoms with Crippen molar-refractivity contribution in [2.24, 2.45) is 5.92 Å². The van der Waals surface area contributed by atoms with Crippen LogP contribution in [0.15, 0.2) is 0 Å². The third-order valence-electron chi connectivity index (χ3n) is 4.01. The number of rotatable bonds is 3. The van der Waals surface area contributed by atoms with Crippen molar-refractivity contribution in [2.75, 3.05) is 40.3 Å². The maximum atomic E-state index is 12.6. The molecule has 1 aromatic rings. The van der Waals surface area contributed by atoms with Crippen molar-refractivity contribution in [3.05, 3.63) is 15.6 Å². The zero-order chi connectivity index (χ0) is 16.3. The van der Waals surface area contributed by atoms with Gasteiger partial charge >= 0.3 is 0 Å². The van der Waals surface area contributed by atoms with Gasteiger partial charge in [-0.2, -0.15) is 0 Å². The number of hydrogen-bond acceptors (Lipinski definition) is 5. The Labute approximate surface area is 135 Å². The highest BCUT2D eigenvalue weighted by Gasteiger charge is 2.28. The molecule has 1 aliphatic rings. The fourth-order valence-corrected chi connectivity index (χ4v) is 3.69. The van der Waals surface area contributed by atoms with Crippen LogP contribution in [-0.2, 0) is 16.0 Å². The fourth-order valence-electron chi connectivity index (χ4n) is 2.76. The second-order valence-electron chi connectivity index (χ2n) is 5.83. The lowest BCUT2D eigenvalue weighted by Crippen LogP contribution is -2.41. The summed E-state index contributed by atoms with van der Waals surface area (Å²) in [5.74, 6) is -0.0990. The first-order chi connectivity index (χ1) is 10.4. The van der Waals surface area contributed by atoms with E-state index in [9.17, 15) is 9.59 Å². The number of carbonyl (C=O) groups is 2. The molecule has 2 amide bonds. The zero-order valence-corrected chi connectivity index (χ0v) is 14.5. The minimum absolute atomic E-state index is 0.00337. The van der Waals surface area contributed by atoms with E-state index < -0.39 is 0 Å². The Morgan fingerprint density at radius 1 is 1.32 bits per heavy atom. The first kappa shape index (κ1) is 16.9. The number of nitrogens with zero attached hydrogens (tertiary/aromatic N) is 3. The lowest BCUT2D eigenvalue weighted by atomic mass is 10.1. The summed E-state index contributed by atoms with van der Waals surface area (Å²) in [6.07, 6.45) is 0.377. The molecule has 0 aromatic carbocycles. The van der Waals surface area contributed by atoms with Crippen LogP contribution in [0.3, 0.4) is 0 Å². The van der Waals surface area contributed by atoms with Gasteiger partial charge in [-0.15, -0.1) is 11.3 Å². The number of hydrogen-bond donors (Lipinski definition) is 1. The number of likely N-dealkylation sites (N-methyl/N-ethyl adjacent to an activating group) is 1. The standard InChI is InChI=1S/C15H24N4O2S/c1-10-13(22-11(2)17-10)7-14(20)19-6-5-18(4)8-12(9-19)15(21)16-3/h12H,5-9H2,1-4H3,(H,16,21)/t12-/m0/s1. The summed E-state index contributed by atoms with van der Waals surface area (Å²) in [6.45, 7) is 6.52. The Bertz CT molecular complexity index is 558. The van der Waals surface area contributed by atoms with Crippen molar-refractivity contribution < 1.29 is 9.59 Å². The molecule has 1 saturated heterocycles. The normalized spacial score (nSPS) is 19.8. The van der Waals surface area contributed by atoms with Crippen molar-refractivity contribution in [3.8, 4) is 0 Å². The smallest absolute Gasteiger partial charge is 0.227 e. The predicted molar refractivity (Wildman–Crippen MR) is 86.9 cm³/mol. The zero-order valence-electron chi connectivity index (χ0n) is 13.7. The van der Waals surface area contributed by atoms with Crippen LogP contribution in [0.25, 0.3) is 0 Å². The largest absolute Gasteiger partial charge is 0.359 e. The van der Waals surface area contributed by atoms with Gasteiger partial charge in [-0.1, -0.05) is 0 Å². The molecule has 0 unspecified atom stereocenters. The Morgan fingerprint density at radius 3 is 2.64 bits per heavy atom. The summed E-state index contributed by atoms with van der Waals surface area (Å²) < 4.78 is 0. The van der Waals surface area contributed by atoms with Gasteiger partial charge in [-0.25, -0.2) is 4.98 Å². The highest BCUT2D eigenvalue weighted by molar-refractivity contribution is 7.11. The molecule has 0 bridgehead atoms. The minimum Gasteiger partial charge on any atom is -0.359 e. The second kappa shape index (κ2) is 7.19. The van der Waals surface area contributed by atoms with E-state index in [1.807, 2.05) is 25.8 Å². The predicted octanol–water partition coefficient (Wildman–Crippen LogP) is 0.439. The summed E-state index contributed by atoms with van der Waals surface area (Å²) in [7, 11) is 3.63. The molecule has 1 atom stereocenters. The van der Waals surface area contributed by atoms with Gasteiger partial charge in [0.2, 0.25) is 11.8 Å². The number of nitrogens with one attached hydrogen (secondary N) is 1. The van der Waals surface area contributed by atoms with E-state index in [1.165, 1.54) is 0 Å². The number of aromatic nitrogens is 1. The summed E-state index contributed by atoms with van der Waals surface area (Å²) in [6, 6.07) is 0. The molecule has 1 N–H and O–H groups in total. The number of aryl methyl sites for hydroxylation is 2. The third-order valence-corrected chi connectivity index (χ3v) is 5.08. The molecule has 0 saturated carbocycles. The highest BCUT2D eigenvalue weighted by atomic mass is 32.1. The monoisotopic (exact) mass is 324 g/mol. The number of thiazole rings is 1. The van der Waals surface area contributed by atoms with E-state index in [0.717, 1.165) is 22.1 Å². The van der Waals surface area contributed by atoms with Crippen molar-refractivity contribution in [1.29, 1.82) is 0 Å². The van der Waals surface area contributed by atoms with Crippen LogP contribution < -0.4 is 5.32 Å². The summed E-state index contributed by atoms with van der Waals surface area (Å²) >= 11 is 1.58. The molecular weight excluding hydrogens is 300 g/mol. The first-order valence-corrected chi connectivity index (χ1v) is 8.33. The van der Waals surface area contributed by atoms with Crippen LogP contribution in [0, 0.1) is 19.8 Å². The summed E-state index contributed by atoms with van der Waals surface area (Å²) in [5.41, 5.74) is 0.936. The molecular formula is C15H24N4O2S. The Morgan fingerprint density at radius 2 is 2.05 bits per heavy atom. The van der Waals surface area contributed by atoms with Crippen LogP contribution in [0.1, 0.15) is 15.6 Å². The van der Waals surface area contributed by atoms with Gasteiger partial charge in [0.05, 0.1) is 23.0 Å². The second-order valence-corrected chi connectivity index (χ2v) is 7.12. The average Bonchev–Trinajstić information content (AvgIpc) is 2.67. The topological polar surface area (TPSA) is 65.5 Å². The maximum Gasteiger partial charge on any atom is 0.227 e. The van der Waals surface area contributed by atoms with Crippen molar-refractivity contribution in [3.63, 3.8) is 0 Å². The minimum atomic E-state index is -0.175. The van der Waals surface area contributed by atoms with Gasteiger partial charge in [0.15, 0.2) is 0 Å². The molecule has 1 aromatic heterocycles. The van der Waals surface area contributed by atoms with E-state index in [-0.39, 0.29) is 17.7 Å². The fraction of sp³-hybridized carbons (Fsp3) is 0.667. The SMILES string of the molecule is CNC(=O)[C@H]1CN(C)CCN(C(=O)Cc2sc(C)nc2C)C1. The van der Waals surface area contributed by atoms with Gasteiger partial charge in [-0.05, 0) is 20.9 Å². The first-order valence-electron chi connectivity index (χ1n) is 7.51. The molecule has 22 heavy (non-hydrogen) atoms. The van der Waals surface area contributed by atoms with Crippen molar-refractivity contribution >= 4 is 23.2 Å². The van der Waals surface area contributed by atoms with Crippen molar-refractivity contribution in [1.82, 2.24) is 20.1 Å². The molecule has 0 spiro atoms. The molecule has 7 heteroatoms. The van der Waals surface area contributed by atoms with Gasteiger partial charge in [-0.3, -0.25) is 9.59 Å². The van der Waals surface area contributed by atoms with Gasteiger partial charge in [0.25, 0.3) is 0 Å². The maximum absolute atomic E-state index is 12.6. The highest BCUT2D eigenvalue weighted by Crippen LogP contribution is 2.19. The van der Waals surface area contributed by atoms with E-state index >= 15 is 0 Å². The molecule has 1 aliphatic heterocycles. The van der Waals surface area contributed by atoms with Crippen molar-refractivity contribution in [2.45, 2.75) is 20.3 Å². The molecule has 2 heterocycles. The van der Waals surface area contributed by atoms with E-state index in [2.05, 4.69) is 15.2 Å². The van der Waals surface area contributed by atoms with Crippen LogP contribution in [0.2, 0.25) is 0 Å². The van der Waals surface area contributed by atoms with Crippen LogP contribution in [0.4, 0.5) is 0 Å². The number of carbonyl (C=O) groups excluding carboxylic acids is 2. The Hall–Kier alpha value is -1.47. The molecule has 1 fully saturated rings.